The first kappa shape index (κ1) is 19.4. The Hall–Kier alpha value is -3.93. The first-order valence-electron chi connectivity index (χ1n) is 9.68. The molecule has 0 unspecified atom stereocenters. The number of aromatic amines is 1. The molecule has 0 aliphatic heterocycles. The van der Waals surface area contributed by atoms with Gasteiger partial charge in [-0.05, 0) is 42.3 Å². The number of benzene rings is 3. The second kappa shape index (κ2) is 9.05. The van der Waals surface area contributed by atoms with Crippen molar-refractivity contribution in [1.82, 2.24) is 10.3 Å². The highest BCUT2D eigenvalue weighted by molar-refractivity contribution is 6.10. The first-order chi connectivity index (χ1) is 14.7. The Labute approximate surface area is 173 Å². The van der Waals surface area contributed by atoms with Crippen LogP contribution in [0.1, 0.15) is 15.9 Å². The summed E-state index contributed by atoms with van der Waals surface area (Å²) in [7, 11) is 0. The number of aromatic nitrogens is 1. The van der Waals surface area contributed by atoms with Gasteiger partial charge in [-0.1, -0.05) is 48.5 Å². The van der Waals surface area contributed by atoms with Crippen molar-refractivity contribution >= 4 is 28.5 Å². The SMILES string of the molecule is O=C(NC(=NCCc1c[nH]c2ccccc12)Nc1ccccc1)c1ccccc1F. The zero-order valence-electron chi connectivity index (χ0n) is 16.2. The van der Waals surface area contributed by atoms with Gasteiger partial charge in [0.1, 0.15) is 5.82 Å². The summed E-state index contributed by atoms with van der Waals surface area (Å²) >= 11 is 0. The topological polar surface area (TPSA) is 69.3 Å². The first-order valence-corrected chi connectivity index (χ1v) is 9.68. The van der Waals surface area contributed by atoms with E-state index in [1.54, 1.807) is 12.1 Å². The maximum atomic E-state index is 14.0. The van der Waals surface area contributed by atoms with Crippen LogP contribution in [0, 0.1) is 5.82 Å². The van der Waals surface area contributed by atoms with E-state index in [-0.39, 0.29) is 11.5 Å². The maximum absolute atomic E-state index is 14.0. The fraction of sp³-hybridized carbons (Fsp3) is 0.0833. The molecular weight excluding hydrogens is 379 g/mol. The number of hydrogen-bond acceptors (Lipinski definition) is 2. The fourth-order valence-electron chi connectivity index (χ4n) is 3.22. The molecule has 0 saturated heterocycles. The highest BCUT2D eigenvalue weighted by Gasteiger charge is 2.13. The molecule has 0 aliphatic rings. The van der Waals surface area contributed by atoms with Crippen LogP contribution < -0.4 is 10.6 Å². The van der Waals surface area contributed by atoms with Gasteiger partial charge in [-0.3, -0.25) is 15.1 Å². The van der Waals surface area contributed by atoms with Crippen LogP contribution >= 0.6 is 0 Å². The molecule has 0 bridgehead atoms. The van der Waals surface area contributed by atoms with Crippen LogP contribution in [0.2, 0.25) is 0 Å². The van der Waals surface area contributed by atoms with E-state index >= 15 is 0 Å². The molecule has 3 N–H and O–H groups in total. The molecule has 5 nitrogen and oxygen atoms in total. The molecule has 0 radical (unpaired) electrons. The second-order valence-electron chi connectivity index (χ2n) is 6.76. The summed E-state index contributed by atoms with van der Waals surface area (Å²) in [6.07, 6.45) is 2.67. The van der Waals surface area contributed by atoms with Gasteiger partial charge in [0.25, 0.3) is 5.91 Å². The Kier molecular flexibility index (Phi) is 5.85. The van der Waals surface area contributed by atoms with E-state index < -0.39 is 11.7 Å². The number of amides is 1. The minimum Gasteiger partial charge on any atom is -0.361 e. The number of carbonyl (C=O) groups excluding carboxylic acids is 1. The summed E-state index contributed by atoms with van der Waals surface area (Å²) in [6, 6.07) is 23.3. The minimum atomic E-state index is -0.576. The number of rotatable bonds is 5. The number of fused-ring (bicyclic) bond motifs is 1. The van der Waals surface area contributed by atoms with Gasteiger partial charge in [-0.2, -0.15) is 0 Å². The molecule has 1 aromatic heterocycles. The Morgan fingerprint density at radius 1 is 0.933 bits per heavy atom. The van der Waals surface area contributed by atoms with Crippen LogP contribution in [0.15, 0.2) is 90.1 Å². The average molecular weight is 400 g/mol. The van der Waals surface area contributed by atoms with Crippen LogP contribution in [-0.4, -0.2) is 23.4 Å². The number of anilines is 1. The van der Waals surface area contributed by atoms with Gasteiger partial charge in [-0.25, -0.2) is 4.39 Å². The van der Waals surface area contributed by atoms with Crippen molar-refractivity contribution in [2.75, 3.05) is 11.9 Å². The molecule has 0 fully saturated rings. The van der Waals surface area contributed by atoms with Crippen molar-refractivity contribution in [2.45, 2.75) is 6.42 Å². The Morgan fingerprint density at radius 2 is 1.67 bits per heavy atom. The lowest BCUT2D eigenvalue weighted by atomic mass is 10.1. The maximum Gasteiger partial charge on any atom is 0.260 e. The molecule has 30 heavy (non-hydrogen) atoms. The number of para-hydroxylation sites is 2. The number of guanidine groups is 1. The summed E-state index contributed by atoms with van der Waals surface area (Å²) in [6.45, 7) is 0.453. The van der Waals surface area contributed by atoms with Crippen molar-refractivity contribution in [3.05, 3.63) is 102 Å². The standard InChI is InChI=1S/C24H21FN4O/c25-21-12-6-4-11-20(21)23(30)29-24(28-18-8-2-1-3-9-18)26-15-14-17-16-27-22-13-7-5-10-19(17)22/h1-13,16,27H,14-15H2,(H2,26,28,29,30). The van der Waals surface area contributed by atoms with E-state index in [2.05, 4.69) is 26.7 Å². The Bertz CT molecular complexity index is 1180. The summed E-state index contributed by atoms with van der Waals surface area (Å²) in [5, 5.41) is 6.95. The van der Waals surface area contributed by atoms with Crippen LogP contribution in [-0.2, 0) is 6.42 Å². The lowest BCUT2D eigenvalue weighted by Crippen LogP contribution is -2.36. The van der Waals surface area contributed by atoms with Gasteiger partial charge in [0, 0.05) is 29.3 Å². The molecule has 0 saturated carbocycles. The lowest BCUT2D eigenvalue weighted by Gasteiger charge is -2.12. The third kappa shape index (κ3) is 4.55. The van der Waals surface area contributed by atoms with Crippen molar-refractivity contribution < 1.29 is 9.18 Å². The third-order valence-electron chi connectivity index (χ3n) is 4.71. The molecule has 6 heteroatoms. The highest BCUT2D eigenvalue weighted by atomic mass is 19.1. The molecule has 1 heterocycles. The molecule has 0 spiro atoms. The van der Waals surface area contributed by atoms with Crippen molar-refractivity contribution in [1.29, 1.82) is 0 Å². The number of H-pyrrole nitrogens is 1. The average Bonchev–Trinajstić information content (AvgIpc) is 3.18. The Balaban J connectivity index is 1.52. The lowest BCUT2D eigenvalue weighted by molar-refractivity contribution is 0.0973. The zero-order valence-corrected chi connectivity index (χ0v) is 16.2. The van der Waals surface area contributed by atoms with Crippen molar-refractivity contribution in [3.63, 3.8) is 0 Å². The predicted octanol–water partition coefficient (Wildman–Crippen LogP) is 4.75. The molecule has 1 amide bonds. The summed E-state index contributed by atoms with van der Waals surface area (Å²) in [4.78, 5) is 20.3. The van der Waals surface area contributed by atoms with E-state index in [0.717, 1.165) is 22.2 Å². The van der Waals surface area contributed by atoms with Crippen LogP contribution in [0.3, 0.4) is 0 Å². The minimum absolute atomic E-state index is 0.0308. The predicted molar refractivity (Wildman–Crippen MR) is 118 cm³/mol. The summed E-state index contributed by atoms with van der Waals surface area (Å²) in [5.74, 6) is -0.857. The highest BCUT2D eigenvalue weighted by Crippen LogP contribution is 2.18. The Morgan fingerprint density at radius 3 is 2.50 bits per heavy atom. The molecular formula is C24H21FN4O. The number of carbonyl (C=O) groups is 1. The number of aliphatic imine (C=N–C) groups is 1. The van der Waals surface area contributed by atoms with E-state index in [1.165, 1.54) is 12.1 Å². The van der Waals surface area contributed by atoms with Gasteiger partial charge in [-0.15, -0.1) is 0 Å². The van der Waals surface area contributed by atoms with Crippen molar-refractivity contribution in [3.8, 4) is 0 Å². The van der Waals surface area contributed by atoms with Gasteiger partial charge in [0.15, 0.2) is 0 Å². The summed E-state index contributed by atoms with van der Waals surface area (Å²) < 4.78 is 14.0. The molecule has 4 rings (SSSR count). The van der Waals surface area contributed by atoms with E-state index in [4.69, 9.17) is 0 Å². The number of nitrogens with one attached hydrogen (secondary N) is 3. The van der Waals surface area contributed by atoms with Gasteiger partial charge in [0.05, 0.1) is 5.56 Å². The number of halogens is 1. The molecule has 0 atom stereocenters. The molecule has 4 aromatic rings. The largest absolute Gasteiger partial charge is 0.361 e. The molecule has 3 aromatic carbocycles. The van der Waals surface area contributed by atoms with E-state index in [1.807, 2.05) is 54.7 Å². The van der Waals surface area contributed by atoms with Crippen LogP contribution in [0.4, 0.5) is 10.1 Å². The fourth-order valence-corrected chi connectivity index (χ4v) is 3.22. The second-order valence-corrected chi connectivity index (χ2v) is 6.76. The van der Waals surface area contributed by atoms with Gasteiger partial charge in [0.2, 0.25) is 5.96 Å². The number of hydrogen-bond donors (Lipinski definition) is 3. The van der Waals surface area contributed by atoms with Crippen LogP contribution in [0.25, 0.3) is 10.9 Å². The van der Waals surface area contributed by atoms with Crippen LogP contribution in [0.5, 0.6) is 0 Å². The molecule has 150 valence electrons. The normalized spacial score (nSPS) is 11.4. The monoisotopic (exact) mass is 400 g/mol. The smallest absolute Gasteiger partial charge is 0.260 e. The zero-order chi connectivity index (χ0) is 20.8. The third-order valence-corrected chi connectivity index (χ3v) is 4.71. The quantitative estimate of drug-likeness (QED) is 0.334. The van der Waals surface area contributed by atoms with E-state index in [0.29, 0.717) is 13.0 Å². The summed E-state index contributed by atoms with van der Waals surface area (Å²) in [5.41, 5.74) is 2.97. The van der Waals surface area contributed by atoms with E-state index in [9.17, 15) is 9.18 Å². The number of nitrogens with zero attached hydrogens (tertiary/aromatic N) is 1. The van der Waals surface area contributed by atoms with Gasteiger partial charge >= 0.3 is 0 Å². The molecule has 0 aliphatic carbocycles. The van der Waals surface area contributed by atoms with Crippen molar-refractivity contribution in [2.24, 2.45) is 4.99 Å². The van der Waals surface area contributed by atoms with Gasteiger partial charge < -0.3 is 10.3 Å².